The van der Waals surface area contributed by atoms with E-state index in [1.165, 1.54) is 6.21 Å². The summed E-state index contributed by atoms with van der Waals surface area (Å²) in [4.78, 5) is 36.4. The standard InChI is InChI=1S/C27H26Cl2N4O5/c1-2-3-11-37-23-9-7-21(8-10-23)32-26(35)27(36)33-30-16-18-5-4-6-24(12-18)38-17-25(34)31-22-14-19(28)13-20(29)15-22/h4-10,12-16H,2-3,11,17H2,1H3,(H,31,34)(H,32,35)(H,33,36)/b30-16-. The van der Waals surface area contributed by atoms with Gasteiger partial charge in [-0.1, -0.05) is 48.7 Å². The summed E-state index contributed by atoms with van der Waals surface area (Å²) in [6.07, 6.45) is 3.33. The summed E-state index contributed by atoms with van der Waals surface area (Å²) in [5.74, 6) is -1.12. The van der Waals surface area contributed by atoms with Crippen molar-refractivity contribution in [2.45, 2.75) is 19.8 Å². The van der Waals surface area contributed by atoms with Gasteiger partial charge < -0.3 is 20.1 Å². The summed E-state index contributed by atoms with van der Waals surface area (Å²) < 4.78 is 11.1. The number of nitrogens with one attached hydrogen (secondary N) is 3. The lowest BCUT2D eigenvalue weighted by Crippen LogP contribution is -2.32. The van der Waals surface area contributed by atoms with E-state index in [2.05, 4.69) is 28.1 Å². The van der Waals surface area contributed by atoms with E-state index in [9.17, 15) is 14.4 Å². The molecule has 0 bridgehead atoms. The van der Waals surface area contributed by atoms with Crippen LogP contribution in [0.25, 0.3) is 0 Å². The van der Waals surface area contributed by atoms with Gasteiger partial charge in [-0.15, -0.1) is 0 Å². The first-order chi connectivity index (χ1) is 18.3. The van der Waals surface area contributed by atoms with Gasteiger partial charge in [0.15, 0.2) is 6.61 Å². The third kappa shape index (κ3) is 9.76. The van der Waals surface area contributed by atoms with Crippen molar-refractivity contribution in [1.82, 2.24) is 5.43 Å². The van der Waals surface area contributed by atoms with E-state index in [4.69, 9.17) is 32.7 Å². The van der Waals surface area contributed by atoms with E-state index in [0.29, 0.717) is 45.1 Å². The second-order valence-corrected chi connectivity index (χ2v) is 8.82. The van der Waals surface area contributed by atoms with Crippen molar-refractivity contribution in [3.63, 3.8) is 0 Å². The molecular formula is C27H26Cl2N4O5. The Morgan fingerprint density at radius 1 is 0.842 bits per heavy atom. The molecule has 0 heterocycles. The average molecular weight is 557 g/mol. The Balaban J connectivity index is 1.44. The number of hydrazone groups is 1. The molecule has 0 saturated heterocycles. The molecule has 11 heteroatoms. The minimum atomic E-state index is -0.935. The first-order valence-corrected chi connectivity index (χ1v) is 12.4. The maximum absolute atomic E-state index is 12.2. The lowest BCUT2D eigenvalue weighted by molar-refractivity contribution is -0.136. The summed E-state index contributed by atoms with van der Waals surface area (Å²) in [6, 6.07) is 18.1. The van der Waals surface area contributed by atoms with Crippen molar-refractivity contribution in [2.24, 2.45) is 5.10 Å². The average Bonchev–Trinajstić information content (AvgIpc) is 2.88. The molecule has 0 radical (unpaired) electrons. The van der Waals surface area contributed by atoms with E-state index >= 15 is 0 Å². The lowest BCUT2D eigenvalue weighted by atomic mass is 10.2. The van der Waals surface area contributed by atoms with Gasteiger partial charge in [0.1, 0.15) is 11.5 Å². The van der Waals surface area contributed by atoms with E-state index in [0.717, 1.165) is 12.8 Å². The van der Waals surface area contributed by atoms with Crippen LogP contribution in [-0.4, -0.2) is 37.1 Å². The van der Waals surface area contributed by atoms with Crippen LogP contribution in [0.1, 0.15) is 25.3 Å². The van der Waals surface area contributed by atoms with Gasteiger partial charge in [0.25, 0.3) is 5.91 Å². The van der Waals surface area contributed by atoms with Crippen molar-refractivity contribution in [3.05, 3.63) is 82.3 Å². The second-order valence-electron chi connectivity index (χ2n) is 7.95. The van der Waals surface area contributed by atoms with Crippen LogP contribution in [0.5, 0.6) is 11.5 Å². The molecule has 0 unspecified atom stereocenters. The van der Waals surface area contributed by atoms with Crippen LogP contribution in [0.15, 0.2) is 71.8 Å². The van der Waals surface area contributed by atoms with Gasteiger partial charge in [-0.2, -0.15) is 5.10 Å². The number of carbonyl (C=O) groups excluding carboxylic acids is 3. The number of hydrogen-bond donors (Lipinski definition) is 3. The van der Waals surface area contributed by atoms with E-state index in [-0.39, 0.29) is 6.61 Å². The van der Waals surface area contributed by atoms with Crippen molar-refractivity contribution >= 4 is 58.5 Å². The molecule has 9 nitrogen and oxygen atoms in total. The Kier molecular flexibility index (Phi) is 11.0. The summed E-state index contributed by atoms with van der Waals surface area (Å²) in [5.41, 5.74) is 3.64. The molecule has 0 spiro atoms. The highest BCUT2D eigenvalue weighted by atomic mass is 35.5. The number of hydrogen-bond acceptors (Lipinski definition) is 6. The zero-order valence-electron chi connectivity index (χ0n) is 20.5. The fraction of sp³-hybridized carbons (Fsp3) is 0.185. The maximum Gasteiger partial charge on any atom is 0.329 e. The van der Waals surface area contributed by atoms with Crippen molar-refractivity contribution in [3.8, 4) is 11.5 Å². The van der Waals surface area contributed by atoms with Crippen LogP contribution in [0.2, 0.25) is 10.0 Å². The van der Waals surface area contributed by atoms with Crippen LogP contribution >= 0.6 is 23.2 Å². The monoisotopic (exact) mass is 556 g/mol. The predicted molar refractivity (Wildman–Crippen MR) is 148 cm³/mol. The SMILES string of the molecule is CCCCOc1ccc(NC(=O)C(=O)N/N=C\c2cccc(OCC(=O)Nc3cc(Cl)cc(Cl)c3)c2)cc1. The summed E-state index contributed by atoms with van der Waals surface area (Å²) in [5, 5.41) is 9.73. The minimum absolute atomic E-state index is 0.256. The van der Waals surface area contributed by atoms with Gasteiger partial charge in [0.05, 0.1) is 12.8 Å². The molecule has 3 aromatic rings. The Hall–Kier alpha value is -4.08. The molecule has 3 N–H and O–H groups in total. The first kappa shape index (κ1) is 28.5. The second kappa shape index (κ2) is 14.6. The van der Waals surface area contributed by atoms with Gasteiger partial charge in [-0.25, -0.2) is 5.43 Å². The molecule has 0 aliphatic carbocycles. The minimum Gasteiger partial charge on any atom is -0.494 e. The zero-order valence-corrected chi connectivity index (χ0v) is 22.0. The first-order valence-electron chi connectivity index (χ1n) is 11.7. The summed E-state index contributed by atoms with van der Waals surface area (Å²) in [6.45, 7) is 2.44. The molecular weight excluding hydrogens is 531 g/mol. The molecule has 3 aromatic carbocycles. The zero-order chi connectivity index (χ0) is 27.3. The molecule has 0 saturated carbocycles. The van der Waals surface area contributed by atoms with Crippen molar-refractivity contribution < 1.29 is 23.9 Å². The maximum atomic E-state index is 12.2. The van der Waals surface area contributed by atoms with Crippen LogP contribution in [0.4, 0.5) is 11.4 Å². The number of carbonyl (C=O) groups is 3. The van der Waals surface area contributed by atoms with Crippen molar-refractivity contribution in [2.75, 3.05) is 23.8 Å². The van der Waals surface area contributed by atoms with Crippen molar-refractivity contribution in [1.29, 1.82) is 0 Å². The number of amides is 3. The third-order valence-electron chi connectivity index (χ3n) is 4.84. The fourth-order valence-corrected chi connectivity index (χ4v) is 3.56. The van der Waals surface area contributed by atoms with Crippen LogP contribution in [0.3, 0.4) is 0 Å². The molecule has 38 heavy (non-hydrogen) atoms. The number of nitrogens with zero attached hydrogens (tertiary/aromatic N) is 1. The smallest absolute Gasteiger partial charge is 0.329 e. The molecule has 0 fully saturated rings. The van der Waals surface area contributed by atoms with E-state index < -0.39 is 17.7 Å². The molecule has 198 valence electrons. The van der Waals surface area contributed by atoms with Gasteiger partial charge in [-0.3, -0.25) is 14.4 Å². The van der Waals surface area contributed by atoms with Gasteiger partial charge in [0.2, 0.25) is 0 Å². The Labute approximate surface area is 230 Å². The number of unbranched alkanes of at least 4 members (excludes halogenated alkanes) is 1. The summed E-state index contributed by atoms with van der Waals surface area (Å²) >= 11 is 11.9. The highest BCUT2D eigenvalue weighted by molar-refractivity contribution is 6.39. The van der Waals surface area contributed by atoms with Gasteiger partial charge in [0, 0.05) is 21.4 Å². The number of halogens is 2. The number of rotatable bonds is 11. The highest BCUT2D eigenvalue weighted by Crippen LogP contribution is 2.22. The molecule has 0 atom stereocenters. The van der Waals surface area contributed by atoms with Gasteiger partial charge in [-0.05, 0) is 66.6 Å². The van der Waals surface area contributed by atoms with Crippen LogP contribution in [0, 0.1) is 0 Å². The summed E-state index contributed by atoms with van der Waals surface area (Å²) in [7, 11) is 0. The quantitative estimate of drug-likeness (QED) is 0.128. The van der Waals surface area contributed by atoms with Gasteiger partial charge >= 0.3 is 11.8 Å². The molecule has 0 aliphatic heterocycles. The Morgan fingerprint density at radius 2 is 1.58 bits per heavy atom. The van der Waals surface area contributed by atoms with Crippen LogP contribution < -0.4 is 25.5 Å². The molecule has 3 amide bonds. The number of ether oxygens (including phenoxy) is 2. The van der Waals surface area contributed by atoms with E-state index in [1.54, 1.807) is 66.7 Å². The molecule has 3 rings (SSSR count). The van der Waals surface area contributed by atoms with E-state index in [1.807, 2.05) is 0 Å². The fourth-order valence-electron chi connectivity index (χ4n) is 3.03. The largest absolute Gasteiger partial charge is 0.494 e. The predicted octanol–water partition coefficient (Wildman–Crippen LogP) is 5.28. The van der Waals surface area contributed by atoms with Crippen LogP contribution in [-0.2, 0) is 14.4 Å². The molecule has 0 aliphatic rings. The topological polar surface area (TPSA) is 118 Å². The lowest BCUT2D eigenvalue weighted by Gasteiger charge is -2.09. The number of benzene rings is 3. The number of anilines is 2. The Bertz CT molecular complexity index is 1280. The highest BCUT2D eigenvalue weighted by Gasteiger charge is 2.13. The third-order valence-corrected chi connectivity index (χ3v) is 5.28. The Morgan fingerprint density at radius 3 is 2.29 bits per heavy atom. The molecule has 0 aromatic heterocycles. The normalized spacial score (nSPS) is 10.6.